The molecule has 1 heterocycles. The molecule has 2 aromatic rings. The van der Waals surface area contributed by atoms with E-state index >= 15 is 0 Å². The minimum absolute atomic E-state index is 0.0889. The fourth-order valence-electron chi connectivity index (χ4n) is 1.69. The summed E-state index contributed by atoms with van der Waals surface area (Å²) in [5.41, 5.74) is 0.725. The lowest BCUT2D eigenvalue weighted by Gasteiger charge is -2.11. The summed E-state index contributed by atoms with van der Waals surface area (Å²) in [5.74, 6) is -0.904. The minimum atomic E-state index is -4.55. The van der Waals surface area contributed by atoms with Crippen molar-refractivity contribution in [1.29, 1.82) is 0 Å². The number of anilines is 1. The van der Waals surface area contributed by atoms with Crippen molar-refractivity contribution in [2.45, 2.75) is 19.6 Å². The van der Waals surface area contributed by atoms with Crippen LogP contribution in [0.15, 0.2) is 36.5 Å². The second-order valence-corrected chi connectivity index (χ2v) is 4.39. The number of nitrogens with zero attached hydrogens (tertiary/aromatic N) is 1. The first-order valence-corrected chi connectivity index (χ1v) is 5.88. The molecular weight excluding hydrogens is 272 g/mol. The van der Waals surface area contributed by atoms with Gasteiger partial charge in [-0.1, -0.05) is 0 Å². The Morgan fingerprint density at radius 1 is 1.15 bits per heavy atom. The molecule has 106 valence electrons. The quantitative estimate of drug-likeness (QED) is 0.856. The van der Waals surface area contributed by atoms with Gasteiger partial charge >= 0.3 is 6.18 Å². The standard InChI is InChI=1S/C14H12F4N2/c1-9-2-3-13(8-19-9)20-7-10-4-11(14(16,17)18)6-12(15)5-10/h2-6,8,20H,7H2,1H3. The van der Waals surface area contributed by atoms with E-state index in [0.717, 1.165) is 17.8 Å². The highest BCUT2D eigenvalue weighted by molar-refractivity contribution is 5.42. The lowest BCUT2D eigenvalue weighted by Crippen LogP contribution is -2.08. The molecule has 0 atom stereocenters. The van der Waals surface area contributed by atoms with E-state index in [1.54, 1.807) is 18.3 Å². The normalized spacial score (nSPS) is 11.4. The molecule has 0 aliphatic rings. The third kappa shape index (κ3) is 3.69. The first kappa shape index (κ1) is 14.3. The molecule has 1 aromatic heterocycles. The van der Waals surface area contributed by atoms with E-state index in [1.165, 1.54) is 0 Å². The molecule has 0 aliphatic heterocycles. The zero-order valence-corrected chi connectivity index (χ0v) is 10.6. The summed E-state index contributed by atoms with van der Waals surface area (Å²) in [6, 6.07) is 6.01. The highest BCUT2D eigenvalue weighted by atomic mass is 19.4. The molecule has 2 rings (SSSR count). The molecule has 0 bridgehead atoms. The molecule has 6 heteroatoms. The van der Waals surface area contributed by atoms with E-state index in [9.17, 15) is 17.6 Å². The van der Waals surface area contributed by atoms with Gasteiger partial charge < -0.3 is 5.32 Å². The van der Waals surface area contributed by atoms with E-state index in [4.69, 9.17) is 0 Å². The number of rotatable bonds is 3. The molecule has 0 aliphatic carbocycles. The zero-order valence-electron chi connectivity index (χ0n) is 10.6. The van der Waals surface area contributed by atoms with E-state index in [1.807, 2.05) is 6.92 Å². The van der Waals surface area contributed by atoms with Gasteiger partial charge in [0, 0.05) is 12.2 Å². The highest BCUT2D eigenvalue weighted by Crippen LogP contribution is 2.30. The molecule has 0 radical (unpaired) electrons. The Bertz CT molecular complexity index is 591. The third-order valence-corrected chi connectivity index (χ3v) is 2.69. The Hall–Kier alpha value is -2.11. The summed E-state index contributed by atoms with van der Waals surface area (Å²) < 4.78 is 50.9. The van der Waals surface area contributed by atoms with Crippen LogP contribution < -0.4 is 5.32 Å². The highest BCUT2D eigenvalue weighted by Gasteiger charge is 2.31. The molecule has 0 fully saturated rings. The number of pyridine rings is 1. The van der Waals surface area contributed by atoms with Crippen molar-refractivity contribution in [2.75, 3.05) is 5.32 Å². The number of benzene rings is 1. The smallest absolute Gasteiger partial charge is 0.380 e. The van der Waals surface area contributed by atoms with Crippen molar-refractivity contribution in [3.63, 3.8) is 0 Å². The fraction of sp³-hybridized carbons (Fsp3) is 0.214. The number of hydrogen-bond donors (Lipinski definition) is 1. The second kappa shape index (κ2) is 5.48. The predicted molar refractivity (Wildman–Crippen MR) is 67.7 cm³/mol. The van der Waals surface area contributed by atoms with E-state index < -0.39 is 17.6 Å². The van der Waals surface area contributed by atoms with Gasteiger partial charge in [0.2, 0.25) is 0 Å². The van der Waals surface area contributed by atoms with Crippen LogP contribution in [0.2, 0.25) is 0 Å². The van der Waals surface area contributed by atoms with Gasteiger partial charge in [0.1, 0.15) is 5.82 Å². The average Bonchev–Trinajstić information content (AvgIpc) is 2.36. The molecule has 0 spiro atoms. The van der Waals surface area contributed by atoms with Crippen molar-refractivity contribution < 1.29 is 17.6 Å². The van der Waals surface area contributed by atoms with Crippen LogP contribution in [0.1, 0.15) is 16.8 Å². The van der Waals surface area contributed by atoms with Gasteiger partial charge in [-0.25, -0.2) is 4.39 Å². The Kier molecular flexibility index (Phi) is 3.92. The second-order valence-electron chi connectivity index (χ2n) is 4.39. The molecule has 20 heavy (non-hydrogen) atoms. The molecule has 0 saturated carbocycles. The predicted octanol–water partition coefficient (Wildman–Crippen LogP) is 4.16. The van der Waals surface area contributed by atoms with Gasteiger partial charge in [-0.05, 0) is 42.8 Å². The van der Waals surface area contributed by atoms with Gasteiger partial charge in [-0.15, -0.1) is 0 Å². The Morgan fingerprint density at radius 2 is 1.90 bits per heavy atom. The lowest BCUT2D eigenvalue weighted by molar-refractivity contribution is -0.137. The molecule has 2 nitrogen and oxygen atoms in total. The van der Waals surface area contributed by atoms with Crippen molar-refractivity contribution in [2.24, 2.45) is 0 Å². The lowest BCUT2D eigenvalue weighted by atomic mass is 10.1. The van der Waals surface area contributed by atoms with Crippen LogP contribution in [0, 0.1) is 12.7 Å². The monoisotopic (exact) mass is 284 g/mol. The van der Waals surface area contributed by atoms with Crippen molar-refractivity contribution in [3.05, 3.63) is 59.2 Å². The third-order valence-electron chi connectivity index (χ3n) is 2.69. The van der Waals surface area contributed by atoms with Crippen LogP contribution in [-0.2, 0) is 12.7 Å². The van der Waals surface area contributed by atoms with Crippen molar-refractivity contribution in [1.82, 2.24) is 4.98 Å². The number of alkyl halides is 3. The molecular formula is C14H12F4N2. The first-order chi connectivity index (χ1) is 9.34. The van der Waals surface area contributed by atoms with Crippen LogP contribution in [0.4, 0.5) is 23.2 Å². The molecule has 0 amide bonds. The minimum Gasteiger partial charge on any atom is -0.380 e. The van der Waals surface area contributed by atoms with Gasteiger partial charge in [0.05, 0.1) is 17.4 Å². The van der Waals surface area contributed by atoms with E-state index in [2.05, 4.69) is 10.3 Å². The molecule has 0 unspecified atom stereocenters. The summed E-state index contributed by atoms with van der Waals surface area (Å²) in [4.78, 5) is 4.05. The average molecular weight is 284 g/mol. The Labute approximate surface area is 113 Å². The summed E-state index contributed by atoms with van der Waals surface area (Å²) in [7, 11) is 0. The summed E-state index contributed by atoms with van der Waals surface area (Å²) in [6.07, 6.45) is -2.98. The van der Waals surface area contributed by atoms with E-state index in [-0.39, 0.29) is 12.1 Å². The summed E-state index contributed by atoms with van der Waals surface area (Å²) >= 11 is 0. The maximum atomic E-state index is 13.2. The molecule has 1 aromatic carbocycles. The van der Waals surface area contributed by atoms with Gasteiger partial charge in [0.25, 0.3) is 0 Å². The molecule has 1 N–H and O–H groups in total. The summed E-state index contributed by atoms with van der Waals surface area (Å²) in [5, 5.41) is 2.90. The van der Waals surface area contributed by atoms with Gasteiger partial charge in [0.15, 0.2) is 0 Å². The number of halogens is 4. The van der Waals surface area contributed by atoms with Crippen LogP contribution in [0.3, 0.4) is 0 Å². The molecule has 0 saturated heterocycles. The van der Waals surface area contributed by atoms with E-state index in [0.29, 0.717) is 11.8 Å². The SMILES string of the molecule is Cc1ccc(NCc2cc(F)cc(C(F)(F)F)c2)cn1. The Morgan fingerprint density at radius 3 is 2.50 bits per heavy atom. The van der Waals surface area contributed by atoms with Crippen LogP contribution in [-0.4, -0.2) is 4.98 Å². The number of nitrogens with one attached hydrogen (secondary N) is 1. The van der Waals surface area contributed by atoms with Crippen LogP contribution in [0.5, 0.6) is 0 Å². The topological polar surface area (TPSA) is 24.9 Å². The first-order valence-electron chi connectivity index (χ1n) is 5.88. The zero-order chi connectivity index (χ0) is 14.8. The maximum Gasteiger partial charge on any atom is 0.416 e. The van der Waals surface area contributed by atoms with Crippen molar-refractivity contribution in [3.8, 4) is 0 Å². The number of aromatic nitrogens is 1. The van der Waals surface area contributed by atoms with Crippen molar-refractivity contribution >= 4 is 5.69 Å². The number of hydrogen-bond acceptors (Lipinski definition) is 2. The van der Waals surface area contributed by atoms with Crippen LogP contribution in [0.25, 0.3) is 0 Å². The number of aryl methyl sites for hydroxylation is 1. The van der Waals surface area contributed by atoms with Crippen LogP contribution >= 0.6 is 0 Å². The van der Waals surface area contributed by atoms with Gasteiger partial charge in [-0.3, -0.25) is 4.98 Å². The fourth-order valence-corrected chi connectivity index (χ4v) is 1.69. The van der Waals surface area contributed by atoms with Gasteiger partial charge in [-0.2, -0.15) is 13.2 Å². The Balaban J connectivity index is 2.13. The maximum absolute atomic E-state index is 13.2. The summed E-state index contributed by atoms with van der Waals surface area (Å²) in [6.45, 7) is 1.91. The largest absolute Gasteiger partial charge is 0.416 e.